The summed E-state index contributed by atoms with van der Waals surface area (Å²) in [5.74, 6) is -1.14. The maximum Gasteiger partial charge on any atom is 0.573 e. The number of anilines is 2. The van der Waals surface area contributed by atoms with Crippen LogP contribution in [0.4, 0.5) is 24.5 Å². The van der Waals surface area contributed by atoms with E-state index in [-0.39, 0.29) is 19.6 Å². The first-order valence-corrected chi connectivity index (χ1v) is 12.7. The van der Waals surface area contributed by atoms with Gasteiger partial charge in [-0.25, -0.2) is 0 Å². The zero-order valence-corrected chi connectivity index (χ0v) is 22.6. The number of carboxylic acids is 1. The highest BCUT2D eigenvalue weighted by Crippen LogP contribution is 2.37. The molecule has 0 saturated heterocycles. The van der Waals surface area contributed by atoms with Gasteiger partial charge in [0.15, 0.2) is 0 Å². The van der Waals surface area contributed by atoms with Crippen LogP contribution in [0.25, 0.3) is 0 Å². The fourth-order valence-corrected chi connectivity index (χ4v) is 4.48. The maximum atomic E-state index is 14.0. The fraction of sp³-hybridized carbons (Fsp3) is 0.241. The van der Waals surface area contributed by atoms with Crippen molar-refractivity contribution >= 4 is 34.9 Å². The van der Waals surface area contributed by atoms with Gasteiger partial charge in [-0.1, -0.05) is 36.4 Å². The predicted octanol–water partition coefficient (Wildman–Crippen LogP) is 6.40. The summed E-state index contributed by atoms with van der Waals surface area (Å²) in [5.41, 5.74) is 2.37. The molecule has 12 heteroatoms. The van der Waals surface area contributed by atoms with Crippen molar-refractivity contribution in [1.29, 1.82) is 0 Å². The van der Waals surface area contributed by atoms with E-state index in [0.29, 0.717) is 51.0 Å². The molecule has 0 fully saturated rings. The molecule has 1 aliphatic heterocycles. The zero-order chi connectivity index (χ0) is 29.7. The van der Waals surface area contributed by atoms with Gasteiger partial charge in [0, 0.05) is 41.5 Å². The van der Waals surface area contributed by atoms with E-state index in [1.807, 2.05) is 0 Å². The standard InChI is InChI=1S/C29H26ClF3N2O6/c1-17(11-26(36)37)16-40-24-13-21(12-23(14-24)39-2)34-27(19-3-6-20(30)7-4-19)28(38)35-10-9-18-5-8-22(15-25(18)35)41-29(31,32)33/h3-8,12-15,27,34H,1,9-11,16H2,2H3,(H,36,37). The van der Waals surface area contributed by atoms with E-state index >= 15 is 0 Å². The molecular formula is C29H26ClF3N2O6. The normalized spacial score (nSPS) is 13.2. The fourth-order valence-electron chi connectivity index (χ4n) is 4.36. The number of methoxy groups -OCH3 is 1. The third-order valence-corrected chi connectivity index (χ3v) is 6.43. The lowest BCUT2D eigenvalue weighted by Crippen LogP contribution is -2.37. The van der Waals surface area contributed by atoms with Gasteiger partial charge in [-0.15, -0.1) is 13.2 Å². The molecule has 4 rings (SSSR count). The number of rotatable bonds is 11. The van der Waals surface area contributed by atoms with E-state index in [1.165, 1.54) is 30.2 Å². The van der Waals surface area contributed by atoms with Gasteiger partial charge >= 0.3 is 12.3 Å². The highest BCUT2D eigenvalue weighted by atomic mass is 35.5. The first kappa shape index (κ1) is 29.6. The number of nitrogens with zero attached hydrogens (tertiary/aromatic N) is 1. The number of fused-ring (bicyclic) bond motifs is 1. The van der Waals surface area contributed by atoms with Gasteiger partial charge in [-0.2, -0.15) is 0 Å². The molecule has 1 amide bonds. The van der Waals surface area contributed by atoms with Crippen LogP contribution in [0, 0.1) is 0 Å². The topological polar surface area (TPSA) is 97.3 Å². The summed E-state index contributed by atoms with van der Waals surface area (Å²) >= 11 is 6.07. The summed E-state index contributed by atoms with van der Waals surface area (Å²) in [6, 6.07) is 14.4. The van der Waals surface area contributed by atoms with Gasteiger partial charge in [0.1, 0.15) is 29.9 Å². The zero-order valence-electron chi connectivity index (χ0n) is 21.8. The van der Waals surface area contributed by atoms with Gasteiger partial charge in [-0.3, -0.25) is 9.59 Å². The largest absolute Gasteiger partial charge is 0.573 e. The second-order valence-electron chi connectivity index (χ2n) is 9.21. The van der Waals surface area contributed by atoms with Gasteiger partial charge in [-0.05, 0) is 41.3 Å². The van der Waals surface area contributed by atoms with Crippen LogP contribution < -0.4 is 24.4 Å². The Labute approximate surface area is 238 Å². The number of nitrogens with one attached hydrogen (secondary N) is 1. The molecule has 3 aromatic carbocycles. The van der Waals surface area contributed by atoms with Crippen molar-refractivity contribution in [2.24, 2.45) is 0 Å². The molecule has 0 bridgehead atoms. The van der Waals surface area contributed by atoms with Crippen molar-refractivity contribution in [3.05, 3.63) is 89.0 Å². The van der Waals surface area contributed by atoms with Gasteiger partial charge in [0.2, 0.25) is 0 Å². The number of hydrogen-bond donors (Lipinski definition) is 2. The molecule has 0 radical (unpaired) electrons. The number of benzene rings is 3. The summed E-state index contributed by atoms with van der Waals surface area (Å²) in [4.78, 5) is 26.3. The number of aliphatic carboxylic acids is 1. The summed E-state index contributed by atoms with van der Waals surface area (Å²) in [7, 11) is 1.45. The number of hydrogen-bond acceptors (Lipinski definition) is 6. The molecule has 1 aliphatic rings. The third kappa shape index (κ3) is 7.85. The number of halogens is 4. The Balaban J connectivity index is 1.64. The number of alkyl halides is 3. The Morgan fingerprint density at radius 1 is 1.07 bits per heavy atom. The van der Waals surface area contributed by atoms with Crippen LogP contribution in [-0.2, 0) is 16.0 Å². The Morgan fingerprint density at radius 3 is 2.44 bits per heavy atom. The lowest BCUT2D eigenvalue weighted by molar-refractivity contribution is -0.274. The highest BCUT2D eigenvalue weighted by Gasteiger charge is 2.34. The first-order chi connectivity index (χ1) is 19.4. The molecule has 0 aliphatic carbocycles. The average molecular weight is 591 g/mol. The number of ether oxygens (including phenoxy) is 3. The number of carboxylic acid groups (broad SMARTS) is 1. The summed E-state index contributed by atoms with van der Waals surface area (Å²) in [6.07, 6.45) is -4.67. The quantitative estimate of drug-likeness (QED) is 0.249. The van der Waals surface area contributed by atoms with Crippen LogP contribution in [0.5, 0.6) is 17.2 Å². The molecule has 3 aromatic rings. The molecule has 1 unspecified atom stereocenters. The van der Waals surface area contributed by atoms with Crippen LogP contribution in [0.2, 0.25) is 5.02 Å². The summed E-state index contributed by atoms with van der Waals surface area (Å²) in [6.45, 7) is 3.90. The highest BCUT2D eigenvalue weighted by molar-refractivity contribution is 6.30. The molecule has 41 heavy (non-hydrogen) atoms. The van der Waals surface area contributed by atoms with Crippen molar-refractivity contribution in [2.75, 3.05) is 30.5 Å². The van der Waals surface area contributed by atoms with Gasteiger partial charge < -0.3 is 29.5 Å². The average Bonchev–Trinajstić information content (AvgIpc) is 3.32. The first-order valence-electron chi connectivity index (χ1n) is 12.3. The van der Waals surface area contributed by atoms with E-state index in [4.69, 9.17) is 26.2 Å². The van der Waals surface area contributed by atoms with Crippen LogP contribution in [-0.4, -0.2) is 43.6 Å². The number of carbonyl (C=O) groups is 2. The minimum atomic E-state index is -4.87. The Kier molecular flexibility index (Phi) is 8.97. The van der Waals surface area contributed by atoms with E-state index in [0.717, 1.165) is 0 Å². The third-order valence-electron chi connectivity index (χ3n) is 6.17. The van der Waals surface area contributed by atoms with Gasteiger partial charge in [0.25, 0.3) is 5.91 Å². The predicted molar refractivity (Wildman–Crippen MR) is 147 cm³/mol. The lowest BCUT2D eigenvalue weighted by atomic mass is 10.0. The van der Waals surface area contributed by atoms with E-state index in [1.54, 1.807) is 42.5 Å². The lowest BCUT2D eigenvalue weighted by Gasteiger charge is -2.26. The minimum Gasteiger partial charge on any atom is -0.497 e. The van der Waals surface area contributed by atoms with Crippen LogP contribution >= 0.6 is 11.6 Å². The van der Waals surface area contributed by atoms with Gasteiger partial charge in [0.05, 0.1) is 19.2 Å². The minimum absolute atomic E-state index is 0.0503. The molecular weight excluding hydrogens is 565 g/mol. The van der Waals surface area contributed by atoms with E-state index < -0.39 is 30.0 Å². The number of carbonyl (C=O) groups excluding carboxylic acids is 1. The van der Waals surface area contributed by atoms with Crippen molar-refractivity contribution in [2.45, 2.75) is 25.2 Å². The molecule has 1 heterocycles. The number of amides is 1. The molecule has 2 N–H and O–H groups in total. The van der Waals surface area contributed by atoms with Crippen molar-refractivity contribution < 1.29 is 42.1 Å². The molecule has 1 atom stereocenters. The van der Waals surface area contributed by atoms with Crippen molar-refractivity contribution in [3.8, 4) is 17.2 Å². The summed E-state index contributed by atoms with van der Waals surface area (Å²) < 4.78 is 53.7. The summed E-state index contributed by atoms with van der Waals surface area (Å²) in [5, 5.41) is 12.6. The monoisotopic (exact) mass is 590 g/mol. The van der Waals surface area contributed by atoms with Crippen LogP contribution in [0.1, 0.15) is 23.6 Å². The smallest absolute Gasteiger partial charge is 0.497 e. The second-order valence-corrected chi connectivity index (χ2v) is 9.65. The molecule has 8 nitrogen and oxygen atoms in total. The molecule has 216 valence electrons. The molecule has 0 spiro atoms. The van der Waals surface area contributed by atoms with Crippen LogP contribution in [0.3, 0.4) is 0 Å². The Hall–Kier alpha value is -4.38. The van der Waals surface area contributed by atoms with Crippen LogP contribution in [0.15, 0.2) is 72.8 Å². The van der Waals surface area contributed by atoms with Crippen molar-refractivity contribution in [3.63, 3.8) is 0 Å². The Morgan fingerprint density at radius 2 is 1.78 bits per heavy atom. The second kappa shape index (κ2) is 12.4. The molecule has 0 aromatic heterocycles. The molecule has 0 saturated carbocycles. The van der Waals surface area contributed by atoms with Crippen molar-refractivity contribution in [1.82, 2.24) is 0 Å². The van der Waals surface area contributed by atoms with E-state index in [9.17, 15) is 22.8 Å². The maximum absolute atomic E-state index is 14.0. The Bertz CT molecular complexity index is 1450. The SMILES string of the molecule is C=C(COc1cc(NC(C(=O)N2CCc3ccc(OC(F)(F)F)cc32)c2ccc(Cl)cc2)cc(OC)c1)CC(=O)O. The van der Waals surface area contributed by atoms with E-state index in [2.05, 4.69) is 16.6 Å².